The van der Waals surface area contributed by atoms with E-state index in [9.17, 15) is 18.0 Å². The van der Waals surface area contributed by atoms with Crippen molar-refractivity contribution in [2.45, 2.75) is 19.6 Å². The Hall–Kier alpha value is -2.83. The Morgan fingerprint density at radius 3 is 2.28 bits per heavy atom. The van der Waals surface area contributed by atoms with Gasteiger partial charge in [-0.15, -0.1) is 0 Å². The maximum atomic E-state index is 12.6. The smallest absolute Gasteiger partial charge is 0.416 e. The van der Waals surface area contributed by atoms with Crippen molar-refractivity contribution >= 4 is 11.9 Å². The molecule has 2 aromatic rings. The first-order valence-corrected chi connectivity index (χ1v) is 7.60. The molecule has 0 unspecified atom stereocenters. The SMILES string of the molecule is CCOC(=NCc1ccccc1)NC(=O)c1ccc(C(F)(F)F)cc1. The first kappa shape index (κ1) is 18.5. The molecule has 0 aromatic heterocycles. The Kier molecular flexibility index (Phi) is 6.16. The molecule has 0 radical (unpaired) electrons. The Bertz CT molecular complexity index is 726. The van der Waals surface area contributed by atoms with Crippen molar-refractivity contribution < 1.29 is 22.7 Å². The summed E-state index contributed by atoms with van der Waals surface area (Å²) < 4.78 is 42.9. The Morgan fingerprint density at radius 1 is 1.08 bits per heavy atom. The molecule has 0 aliphatic rings. The molecule has 0 bridgehead atoms. The van der Waals surface area contributed by atoms with Gasteiger partial charge in [0.05, 0.1) is 18.7 Å². The quantitative estimate of drug-likeness (QED) is 0.669. The highest BCUT2D eigenvalue weighted by Crippen LogP contribution is 2.29. The van der Waals surface area contributed by atoms with Crippen LogP contribution >= 0.6 is 0 Å². The van der Waals surface area contributed by atoms with Crippen LogP contribution in [0.5, 0.6) is 0 Å². The fraction of sp³-hybridized carbons (Fsp3) is 0.222. The second-order valence-electron chi connectivity index (χ2n) is 5.07. The Balaban J connectivity index is 2.06. The Morgan fingerprint density at radius 2 is 1.72 bits per heavy atom. The molecule has 25 heavy (non-hydrogen) atoms. The molecule has 0 heterocycles. The topological polar surface area (TPSA) is 50.7 Å². The van der Waals surface area contributed by atoms with Crippen LogP contribution in [0.2, 0.25) is 0 Å². The minimum atomic E-state index is -4.44. The average Bonchev–Trinajstić information content (AvgIpc) is 2.60. The zero-order valence-corrected chi connectivity index (χ0v) is 13.5. The van der Waals surface area contributed by atoms with Gasteiger partial charge in [-0.25, -0.2) is 4.99 Å². The van der Waals surface area contributed by atoms with Crippen LogP contribution in [0, 0.1) is 0 Å². The van der Waals surface area contributed by atoms with E-state index in [0.717, 1.165) is 29.8 Å². The van der Waals surface area contributed by atoms with Gasteiger partial charge >= 0.3 is 6.18 Å². The van der Waals surface area contributed by atoms with E-state index in [4.69, 9.17) is 4.74 Å². The van der Waals surface area contributed by atoms with Gasteiger partial charge in [-0.3, -0.25) is 10.1 Å². The van der Waals surface area contributed by atoms with Crippen molar-refractivity contribution in [2.24, 2.45) is 4.99 Å². The van der Waals surface area contributed by atoms with Gasteiger partial charge in [-0.05, 0) is 36.8 Å². The molecule has 0 atom stereocenters. The molecule has 0 aliphatic carbocycles. The molecular weight excluding hydrogens is 333 g/mol. The minimum absolute atomic E-state index is 0.0243. The van der Waals surface area contributed by atoms with Crippen molar-refractivity contribution in [3.8, 4) is 0 Å². The molecule has 0 aliphatic heterocycles. The van der Waals surface area contributed by atoms with E-state index >= 15 is 0 Å². The number of rotatable bonds is 4. The van der Waals surface area contributed by atoms with Gasteiger partial charge in [-0.1, -0.05) is 30.3 Å². The number of amides is 1. The second kappa shape index (κ2) is 8.32. The van der Waals surface area contributed by atoms with Gasteiger partial charge < -0.3 is 4.74 Å². The van der Waals surface area contributed by atoms with E-state index in [-0.39, 0.29) is 11.6 Å². The summed E-state index contributed by atoms with van der Waals surface area (Å²) in [6.07, 6.45) is -4.44. The van der Waals surface area contributed by atoms with Crippen LogP contribution < -0.4 is 5.32 Å². The third-order valence-corrected chi connectivity index (χ3v) is 3.22. The molecule has 0 saturated carbocycles. The summed E-state index contributed by atoms with van der Waals surface area (Å²) in [5.74, 6) is -0.589. The van der Waals surface area contributed by atoms with Crippen molar-refractivity contribution in [1.29, 1.82) is 0 Å². The number of halogens is 3. The predicted molar refractivity (Wildman–Crippen MR) is 88.1 cm³/mol. The van der Waals surface area contributed by atoms with Crippen LogP contribution in [0.3, 0.4) is 0 Å². The van der Waals surface area contributed by atoms with Crippen LogP contribution in [0.25, 0.3) is 0 Å². The molecule has 4 nitrogen and oxygen atoms in total. The van der Waals surface area contributed by atoms with Crippen molar-refractivity contribution in [2.75, 3.05) is 6.61 Å². The van der Waals surface area contributed by atoms with Crippen LogP contribution in [0.15, 0.2) is 59.6 Å². The number of aliphatic imine (C=N–C) groups is 1. The fourth-order valence-electron chi connectivity index (χ4n) is 1.98. The second-order valence-corrected chi connectivity index (χ2v) is 5.07. The standard InChI is InChI=1S/C18H17F3N2O2/c1-2-25-17(22-12-13-6-4-3-5-7-13)23-16(24)14-8-10-15(11-9-14)18(19,20)21/h3-11H,2,12H2,1H3,(H,22,23,24). The number of carbonyl (C=O) groups excluding carboxylic acids is 1. The lowest BCUT2D eigenvalue weighted by molar-refractivity contribution is -0.137. The zero-order valence-electron chi connectivity index (χ0n) is 13.5. The first-order chi connectivity index (χ1) is 11.9. The highest BCUT2D eigenvalue weighted by Gasteiger charge is 2.30. The highest BCUT2D eigenvalue weighted by molar-refractivity contribution is 6.04. The van der Waals surface area contributed by atoms with E-state index in [1.807, 2.05) is 30.3 Å². The maximum Gasteiger partial charge on any atom is 0.416 e. The average molecular weight is 350 g/mol. The summed E-state index contributed by atoms with van der Waals surface area (Å²) >= 11 is 0. The van der Waals surface area contributed by atoms with E-state index in [1.54, 1.807) is 6.92 Å². The number of nitrogens with one attached hydrogen (secondary N) is 1. The maximum absolute atomic E-state index is 12.6. The number of carbonyl (C=O) groups is 1. The van der Waals surface area contributed by atoms with Gasteiger partial charge in [0.25, 0.3) is 11.9 Å². The van der Waals surface area contributed by atoms with E-state index in [2.05, 4.69) is 10.3 Å². The Labute approximate surface area is 143 Å². The number of amidine groups is 1. The first-order valence-electron chi connectivity index (χ1n) is 7.60. The molecule has 2 rings (SSSR count). The summed E-state index contributed by atoms with van der Waals surface area (Å²) in [5.41, 5.74) is 0.204. The lowest BCUT2D eigenvalue weighted by Gasteiger charge is -2.10. The molecular formula is C18H17F3N2O2. The van der Waals surface area contributed by atoms with Crippen molar-refractivity contribution in [3.05, 3.63) is 71.3 Å². The van der Waals surface area contributed by atoms with Gasteiger partial charge in [0.15, 0.2) is 0 Å². The number of hydrogen-bond donors (Lipinski definition) is 1. The highest BCUT2D eigenvalue weighted by atomic mass is 19.4. The third kappa shape index (κ3) is 5.63. The molecule has 0 spiro atoms. The number of ether oxygens (including phenoxy) is 1. The summed E-state index contributed by atoms with van der Waals surface area (Å²) in [6.45, 7) is 2.34. The van der Waals surface area contributed by atoms with Crippen LogP contribution in [-0.2, 0) is 17.5 Å². The predicted octanol–water partition coefficient (Wildman–Crippen LogP) is 4.03. The molecule has 1 N–H and O–H groups in total. The molecule has 132 valence electrons. The summed E-state index contributed by atoms with van der Waals surface area (Å²) in [6, 6.07) is 13.3. The summed E-state index contributed by atoms with van der Waals surface area (Å²) in [4.78, 5) is 16.3. The van der Waals surface area contributed by atoms with E-state index in [0.29, 0.717) is 13.2 Å². The van der Waals surface area contributed by atoms with Gasteiger partial charge in [-0.2, -0.15) is 13.2 Å². The van der Waals surface area contributed by atoms with Crippen LogP contribution in [0.1, 0.15) is 28.4 Å². The monoisotopic (exact) mass is 350 g/mol. The zero-order chi connectivity index (χ0) is 18.3. The largest absolute Gasteiger partial charge is 0.465 e. The molecule has 0 fully saturated rings. The molecule has 7 heteroatoms. The molecule has 2 aromatic carbocycles. The summed E-state index contributed by atoms with van der Waals surface area (Å²) in [5, 5.41) is 2.47. The number of benzene rings is 2. The lowest BCUT2D eigenvalue weighted by atomic mass is 10.1. The van der Waals surface area contributed by atoms with Crippen molar-refractivity contribution in [1.82, 2.24) is 5.32 Å². The lowest BCUT2D eigenvalue weighted by Crippen LogP contribution is -2.32. The normalized spacial score (nSPS) is 11.9. The fourth-order valence-corrected chi connectivity index (χ4v) is 1.98. The van der Waals surface area contributed by atoms with E-state index in [1.165, 1.54) is 0 Å². The van der Waals surface area contributed by atoms with Crippen LogP contribution in [-0.4, -0.2) is 18.5 Å². The van der Waals surface area contributed by atoms with Crippen LogP contribution in [0.4, 0.5) is 13.2 Å². The molecule has 0 saturated heterocycles. The number of alkyl halides is 3. The third-order valence-electron chi connectivity index (χ3n) is 3.22. The van der Waals surface area contributed by atoms with Gasteiger partial charge in [0.1, 0.15) is 0 Å². The summed E-state index contributed by atoms with van der Waals surface area (Å²) in [7, 11) is 0. The van der Waals surface area contributed by atoms with Gasteiger partial charge in [0, 0.05) is 5.56 Å². The molecule has 1 amide bonds. The van der Waals surface area contributed by atoms with Gasteiger partial charge in [0.2, 0.25) is 0 Å². The number of hydrogen-bond acceptors (Lipinski definition) is 3. The minimum Gasteiger partial charge on any atom is -0.465 e. The number of nitrogens with zero attached hydrogens (tertiary/aromatic N) is 1. The van der Waals surface area contributed by atoms with E-state index < -0.39 is 17.6 Å². The van der Waals surface area contributed by atoms with Crippen molar-refractivity contribution in [3.63, 3.8) is 0 Å².